The third-order valence-corrected chi connectivity index (χ3v) is 4.11. The lowest BCUT2D eigenvalue weighted by Gasteiger charge is -2.15. The number of Topliss-reactive ketones (excluding diaryl/α,β-unsaturated/α-hetero) is 1. The molecule has 0 radical (unpaired) electrons. The first-order chi connectivity index (χ1) is 14.3. The Balaban J connectivity index is 1.90. The number of esters is 1. The first-order valence-electron chi connectivity index (χ1n) is 9.39. The maximum atomic E-state index is 12.3. The van der Waals surface area contributed by atoms with Gasteiger partial charge in [0.25, 0.3) is 5.91 Å². The summed E-state index contributed by atoms with van der Waals surface area (Å²) in [6.45, 7) is 4.42. The SMILES string of the molecule is C/C=C/c1ccc(OCC(=O)O[C@H](C)C(=O)Nc2cccc(C(C)=O)c2)c(OC)c1. The lowest BCUT2D eigenvalue weighted by molar-refractivity contribution is -0.155. The number of carbonyl (C=O) groups excluding carboxylic acids is 3. The smallest absolute Gasteiger partial charge is 0.344 e. The molecule has 0 spiro atoms. The van der Waals surface area contributed by atoms with E-state index in [9.17, 15) is 14.4 Å². The molecule has 1 atom stereocenters. The van der Waals surface area contributed by atoms with Gasteiger partial charge < -0.3 is 19.5 Å². The van der Waals surface area contributed by atoms with E-state index in [4.69, 9.17) is 14.2 Å². The molecule has 0 saturated heterocycles. The predicted molar refractivity (Wildman–Crippen MR) is 114 cm³/mol. The molecule has 2 aromatic carbocycles. The summed E-state index contributed by atoms with van der Waals surface area (Å²) in [5, 5.41) is 2.62. The van der Waals surface area contributed by atoms with Crippen LogP contribution in [0.4, 0.5) is 5.69 Å². The van der Waals surface area contributed by atoms with Crippen LogP contribution >= 0.6 is 0 Å². The van der Waals surface area contributed by atoms with Gasteiger partial charge in [0.15, 0.2) is 30.0 Å². The quantitative estimate of drug-likeness (QED) is 0.497. The van der Waals surface area contributed by atoms with Gasteiger partial charge >= 0.3 is 5.97 Å². The molecule has 7 heteroatoms. The lowest BCUT2D eigenvalue weighted by Crippen LogP contribution is -2.31. The first kappa shape index (κ1) is 22.7. The molecule has 0 bridgehead atoms. The number of rotatable bonds is 9. The summed E-state index contributed by atoms with van der Waals surface area (Å²) in [5.74, 6) is -0.459. The molecule has 0 aromatic heterocycles. The fraction of sp³-hybridized carbons (Fsp3) is 0.261. The van der Waals surface area contributed by atoms with Gasteiger partial charge in [0.2, 0.25) is 0 Å². The van der Waals surface area contributed by atoms with Crippen molar-refractivity contribution in [2.75, 3.05) is 19.0 Å². The van der Waals surface area contributed by atoms with Crippen LogP contribution in [0.5, 0.6) is 11.5 Å². The van der Waals surface area contributed by atoms with Gasteiger partial charge in [-0.15, -0.1) is 0 Å². The van der Waals surface area contributed by atoms with Gasteiger partial charge in [0.05, 0.1) is 7.11 Å². The minimum absolute atomic E-state index is 0.114. The van der Waals surface area contributed by atoms with Gasteiger partial charge in [0, 0.05) is 11.3 Å². The number of amides is 1. The molecule has 0 aliphatic rings. The van der Waals surface area contributed by atoms with Crippen molar-refractivity contribution in [1.29, 1.82) is 0 Å². The number of ketones is 1. The average Bonchev–Trinajstić information content (AvgIpc) is 2.73. The molecule has 2 aromatic rings. The molecule has 30 heavy (non-hydrogen) atoms. The standard InChI is InChI=1S/C23H25NO6/c1-5-7-17-10-11-20(21(12-17)28-4)29-14-22(26)30-16(3)23(27)24-19-9-6-8-18(13-19)15(2)25/h5-13,16H,14H2,1-4H3,(H,24,27)/b7-5+/t16-/m1/s1. The third-order valence-electron chi connectivity index (χ3n) is 4.11. The van der Waals surface area contributed by atoms with Crippen LogP contribution in [0, 0.1) is 0 Å². The van der Waals surface area contributed by atoms with Crippen LogP contribution in [-0.2, 0) is 14.3 Å². The van der Waals surface area contributed by atoms with Gasteiger partial charge in [-0.3, -0.25) is 9.59 Å². The summed E-state index contributed by atoms with van der Waals surface area (Å²) in [7, 11) is 1.51. The van der Waals surface area contributed by atoms with Gasteiger partial charge in [-0.05, 0) is 50.6 Å². The zero-order valence-corrected chi connectivity index (χ0v) is 17.4. The molecule has 0 aliphatic heterocycles. The Bertz CT molecular complexity index is 950. The van der Waals surface area contributed by atoms with E-state index in [0.717, 1.165) is 5.56 Å². The Morgan fingerprint density at radius 1 is 1.10 bits per heavy atom. The molecular formula is C23H25NO6. The minimum Gasteiger partial charge on any atom is -0.493 e. The van der Waals surface area contributed by atoms with Crippen molar-refractivity contribution in [1.82, 2.24) is 0 Å². The first-order valence-corrected chi connectivity index (χ1v) is 9.39. The fourth-order valence-corrected chi connectivity index (χ4v) is 2.58. The Morgan fingerprint density at radius 3 is 2.53 bits per heavy atom. The average molecular weight is 411 g/mol. The highest BCUT2D eigenvalue weighted by Crippen LogP contribution is 2.28. The number of benzene rings is 2. The second kappa shape index (κ2) is 10.8. The Hall–Kier alpha value is -3.61. The summed E-state index contributed by atoms with van der Waals surface area (Å²) in [6.07, 6.45) is 2.77. The number of nitrogens with one attached hydrogen (secondary N) is 1. The summed E-state index contributed by atoms with van der Waals surface area (Å²) < 4.78 is 15.9. The molecule has 7 nitrogen and oxygen atoms in total. The summed E-state index contributed by atoms with van der Waals surface area (Å²) in [6, 6.07) is 11.8. The summed E-state index contributed by atoms with van der Waals surface area (Å²) in [4.78, 5) is 35.8. The van der Waals surface area contributed by atoms with Crippen LogP contribution in [0.1, 0.15) is 36.7 Å². The number of hydrogen-bond acceptors (Lipinski definition) is 6. The van der Waals surface area contributed by atoms with E-state index >= 15 is 0 Å². The van der Waals surface area contributed by atoms with Crippen molar-refractivity contribution in [2.45, 2.75) is 26.9 Å². The van der Waals surface area contributed by atoms with E-state index in [-0.39, 0.29) is 12.4 Å². The zero-order valence-electron chi connectivity index (χ0n) is 17.4. The van der Waals surface area contributed by atoms with E-state index in [0.29, 0.717) is 22.7 Å². The lowest BCUT2D eigenvalue weighted by atomic mass is 10.1. The molecule has 2 rings (SSSR count). The summed E-state index contributed by atoms with van der Waals surface area (Å²) in [5.41, 5.74) is 1.85. The molecule has 1 amide bonds. The van der Waals surface area contributed by atoms with E-state index in [1.54, 1.807) is 36.4 Å². The van der Waals surface area contributed by atoms with Crippen LogP contribution < -0.4 is 14.8 Å². The van der Waals surface area contributed by atoms with Crippen LogP contribution in [0.3, 0.4) is 0 Å². The number of allylic oxidation sites excluding steroid dienone is 1. The van der Waals surface area contributed by atoms with E-state index in [1.165, 1.54) is 21.0 Å². The normalized spacial score (nSPS) is 11.6. The Kier molecular flexibility index (Phi) is 8.17. The fourth-order valence-electron chi connectivity index (χ4n) is 2.58. The number of methoxy groups -OCH3 is 1. The van der Waals surface area contributed by atoms with Crippen molar-refractivity contribution < 1.29 is 28.6 Å². The maximum absolute atomic E-state index is 12.3. The second-order valence-electron chi connectivity index (χ2n) is 6.46. The van der Waals surface area contributed by atoms with Crippen molar-refractivity contribution in [2.24, 2.45) is 0 Å². The molecular weight excluding hydrogens is 386 g/mol. The number of hydrogen-bond donors (Lipinski definition) is 1. The molecule has 0 heterocycles. The number of anilines is 1. The van der Waals surface area contributed by atoms with Gasteiger partial charge in [-0.25, -0.2) is 4.79 Å². The highest BCUT2D eigenvalue weighted by Gasteiger charge is 2.19. The third kappa shape index (κ3) is 6.48. The van der Waals surface area contributed by atoms with Crippen molar-refractivity contribution in [3.63, 3.8) is 0 Å². The van der Waals surface area contributed by atoms with Crippen LogP contribution in [0.2, 0.25) is 0 Å². The van der Waals surface area contributed by atoms with Crippen molar-refractivity contribution in [3.8, 4) is 11.5 Å². The van der Waals surface area contributed by atoms with Crippen molar-refractivity contribution in [3.05, 3.63) is 59.7 Å². The van der Waals surface area contributed by atoms with Crippen molar-refractivity contribution >= 4 is 29.4 Å². The van der Waals surface area contributed by atoms with E-state index in [1.807, 2.05) is 25.1 Å². The van der Waals surface area contributed by atoms with E-state index in [2.05, 4.69) is 5.32 Å². The molecule has 0 saturated carbocycles. The predicted octanol–water partition coefficient (Wildman–Crippen LogP) is 3.88. The monoisotopic (exact) mass is 411 g/mol. The number of carbonyl (C=O) groups is 3. The molecule has 1 N–H and O–H groups in total. The van der Waals surface area contributed by atoms with Gasteiger partial charge in [-0.2, -0.15) is 0 Å². The topological polar surface area (TPSA) is 90.9 Å². The largest absolute Gasteiger partial charge is 0.493 e. The Morgan fingerprint density at radius 2 is 1.87 bits per heavy atom. The van der Waals surface area contributed by atoms with Crippen LogP contribution in [-0.4, -0.2) is 37.5 Å². The molecule has 0 fully saturated rings. The highest BCUT2D eigenvalue weighted by molar-refractivity contribution is 5.98. The zero-order chi connectivity index (χ0) is 22.1. The second-order valence-corrected chi connectivity index (χ2v) is 6.46. The highest BCUT2D eigenvalue weighted by atomic mass is 16.6. The van der Waals surface area contributed by atoms with Gasteiger partial charge in [0.1, 0.15) is 0 Å². The maximum Gasteiger partial charge on any atom is 0.344 e. The molecule has 0 unspecified atom stereocenters. The molecule has 158 valence electrons. The Labute approximate surface area is 175 Å². The molecule has 0 aliphatic carbocycles. The van der Waals surface area contributed by atoms with Gasteiger partial charge in [-0.1, -0.05) is 30.4 Å². The minimum atomic E-state index is -1.04. The van der Waals surface area contributed by atoms with Crippen LogP contribution in [0.15, 0.2) is 48.5 Å². The number of ether oxygens (including phenoxy) is 3. The summed E-state index contributed by atoms with van der Waals surface area (Å²) >= 11 is 0. The van der Waals surface area contributed by atoms with Crippen LogP contribution in [0.25, 0.3) is 6.08 Å². The van der Waals surface area contributed by atoms with E-state index < -0.39 is 18.0 Å².